The van der Waals surface area contributed by atoms with E-state index in [1.165, 1.54) is 0 Å². The Balaban J connectivity index is 2.21. The highest BCUT2D eigenvalue weighted by Gasteiger charge is 2.13. The molecule has 0 saturated carbocycles. The molecule has 3 heteroatoms. The molecule has 1 atom stereocenters. The van der Waals surface area contributed by atoms with Crippen LogP contribution < -0.4 is 5.32 Å². The minimum absolute atomic E-state index is 0.0357. The van der Waals surface area contributed by atoms with Gasteiger partial charge in [0.2, 0.25) is 0 Å². The van der Waals surface area contributed by atoms with E-state index in [0.717, 1.165) is 33.5 Å². The average molecular weight is 328 g/mol. The molecule has 0 radical (unpaired) electrons. The van der Waals surface area contributed by atoms with E-state index in [2.05, 4.69) is 17.5 Å². The van der Waals surface area contributed by atoms with Gasteiger partial charge >= 0.3 is 0 Å². The maximum absolute atomic E-state index is 12.4. The van der Waals surface area contributed by atoms with Crippen molar-refractivity contribution in [3.8, 4) is 6.07 Å². The van der Waals surface area contributed by atoms with Crippen LogP contribution in [0.4, 0.5) is 0 Å². The predicted molar refractivity (Wildman–Crippen MR) is 103 cm³/mol. The zero-order chi connectivity index (χ0) is 17.8. The number of nitrogens with one attached hydrogen (secondary N) is 1. The molecule has 0 aliphatic heterocycles. The Kier molecular flexibility index (Phi) is 4.81. The summed E-state index contributed by atoms with van der Waals surface area (Å²) in [5.41, 5.74) is 1.03. The summed E-state index contributed by atoms with van der Waals surface area (Å²) < 4.78 is 0. The Morgan fingerprint density at radius 1 is 1.12 bits per heavy atom. The highest BCUT2D eigenvalue weighted by molar-refractivity contribution is 6.11. The molecule has 3 aromatic rings. The van der Waals surface area contributed by atoms with Crippen LogP contribution in [0.1, 0.15) is 25.8 Å². The maximum atomic E-state index is 12.4. The summed E-state index contributed by atoms with van der Waals surface area (Å²) in [5.74, 6) is -0.325. The Labute approximate surface area is 147 Å². The lowest BCUT2D eigenvalue weighted by molar-refractivity contribution is -0.117. The Hall–Kier alpha value is -3.12. The topological polar surface area (TPSA) is 52.9 Å². The molecule has 3 rings (SSSR count). The Morgan fingerprint density at radius 2 is 1.68 bits per heavy atom. The van der Waals surface area contributed by atoms with Crippen molar-refractivity contribution in [2.45, 2.75) is 26.3 Å². The summed E-state index contributed by atoms with van der Waals surface area (Å²) in [6, 6.07) is 20.3. The van der Waals surface area contributed by atoms with Crippen LogP contribution in [0.2, 0.25) is 0 Å². The van der Waals surface area contributed by atoms with Gasteiger partial charge in [-0.15, -0.1) is 0 Å². The van der Waals surface area contributed by atoms with E-state index in [1.807, 2.05) is 62.4 Å². The van der Waals surface area contributed by atoms with Crippen molar-refractivity contribution in [3.63, 3.8) is 0 Å². The van der Waals surface area contributed by atoms with Gasteiger partial charge in [-0.1, -0.05) is 55.5 Å². The molecule has 0 bridgehead atoms. The molecule has 0 heterocycles. The molecule has 0 spiro atoms. The van der Waals surface area contributed by atoms with E-state index in [9.17, 15) is 10.1 Å². The number of carbonyl (C=O) groups excluding carboxylic acids is 1. The Morgan fingerprint density at radius 3 is 2.20 bits per heavy atom. The fourth-order valence-electron chi connectivity index (χ4n) is 2.90. The summed E-state index contributed by atoms with van der Waals surface area (Å²) in [5, 5.41) is 16.6. The number of amides is 1. The smallest absolute Gasteiger partial charge is 0.262 e. The van der Waals surface area contributed by atoms with Crippen molar-refractivity contribution in [2.24, 2.45) is 0 Å². The molecule has 1 amide bonds. The van der Waals surface area contributed by atoms with Gasteiger partial charge in [-0.2, -0.15) is 5.26 Å². The summed E-state index contributed by atoms with van der Waals surface area (Å²) in [4.78, 5) is 12.4. The van der Waals surface area contributed by atoms with E-state index in [4.69, 9.17) is 0 Å². The maximum Gasteiger partial charge on any atom is 0.262 e. The molecular weight excluding hydrogens is 308 g/mol. The number of nitriles is 1. The van der Waals surface area contributed by atoms with E-state index >= 15 is 0 Å². The molecule has 0 fully saturated rings. The Bertz CT molecular complexity index is 957. The second kappa shape index (κ2) is 7.19. The number of benzene rings is 3. The zero-order valence-corrected chi connectivity index (χ0v) is 14.4. The van der Waals surface area contributed by atoms with Crippen LogP contribution in [-0.2, 0) is 4.79 Å². The number of carbonyl (C=O) groups is 1. The molecule has 0 aliphatic rings. The summed E-state index contributed by atoms with van der Waals surface area (Å²) in [6.45, 7) is 3.93. The van der Waals surface area contributed by atoms with Crippen LogP contribution in [-0.4, -0.2) is 11.9 Å². The SMILES string of the molecule is CC[C@H](C)NC(=O)/C(C#N)=C/c1c2ccccc2cc2ccccc12. The monoisotopic (exact) mass is 328 g/mol. The van der Waals surface area contributed by atoms with Gasteiger partial charge in [0.05, 0.1) is 0 Å². The molecule has 0 aliphatic carbocycles. The molecular formula is C22H20N2O. The zero-order valence-electron chi connectivity index (χ0n) is 14.4. The van der Waals surface area contributed by atoms with Crippen LogP contribution in [0.3, 0.4) is 0 Å². The summed E-state index contributed by atoms with van der Waals surface area (Å²) in [6.07, 6.45) is 2.53. The lowest BCUT2D eigenvalue weighted by Crippen LogP contribution is -2.32. The van der Waals surface area contributed by atoms with Crippen molar-refractivity contribution in [1.29, 1.82) is 5.26 Å². The standard InChI is InChI=1S/C22H20N2O/c1-3-15(2)24-22(25)18(14-23)13-21-19-10-6-4-8-16(19)12-17-9-5-7-11-20(17)21/h4-13,15H,3H2,1-2H3,(H,24,25)/b18-13+/t15-/m0/s1. The fourth-order valence-corrected chi connectivity index (χ4v) is 2.90. The molecule has 124 valence electrons. The summed E-state index contributed by atoms with van der Waals surface area (Å²) in [7, 11) is 0. The third-order valence-corrected chi connectivity index (χ3v) is 4.46. The van der Waals surface area contributed by atoms with Gasteiger partial charge in [0.1, 0.15) is 11.6 Å². The summed E-state index contributed by atoms with van der Waals surface area (Å²) >= 11 is 0. The molecule has 0 saturated heterocycles. The van der Waals surface area contributed by atoms with Crippen LogP contribution in [0.25, 0.3) is 27.6 Å². The molecule has 1 N–H and O–H groups in total. The number of rotatable bonds is 4. The van der Waals surface area contributed by atoms with Gasteiger partial charge in [-0.25, -0.2) is 0 Å². The van der Waals surface area contributed by atoms with Crippen LogP contribution in [0, 0.1) is 11.3 Å². The quantitative estimate of drug-likeness (QED) is 0.424. The number of hydrogen-bond donors (Lipinski definition) is 1. The first kappa shape index (κ1) is 16.7. The molecule has 0 unspecified atom stereocenters. The van der Waals surface area contributed by atoms with E-state index < -0.39 is 0 Å². The normalized spacial score (nSPS) is 12.8. The van der Waals surface area contributed by atoms with E-state index in [1.54, 1.807) is 6.08 Å². The number of nitrogens with zero attached hydrogens (tertiary/aromatic N) is 1. The third kappa shape index (κ3) is 3.39. The first-order valence-corrected chi connectivity index (χ1v) is 8.47. The lowest BCUT2D eigenvalue weighted by Gasteiger charge is -2.12. The largest absolute Gasteiger partial charge is 0.349 e. The molecule has 0 aromatic heterocycles. The predicted octanol–water partition coefficient (Wildman–Crippen LogP) is 4.81. The second-order valence-corrected chi connectivity index (χ2v) is 6.19. The molecule has 3 aromatic carbocycles. The van der Waals surface area contributed by atoms with E-state index in [0.29, 0.717) is 0 Å². The van der Waals surface area contributed by atoms with Crippen molar-refractivity contribution in [3.05, 3.63) is 65.7 Å². The molecule has 25 heavy (non-hydrogen) atoms. The van der Waals surface area contributed by atoms with Gasteiger partial charge < -0.3 is 5.32 Å². The first-order valence-electron chi connectivity index (χ1n) is 8.47. The van der Waals surface area contributed by atoms with Crippen molar-refractivity contribution in [1.82, 2.24) is 5.32 Å². The van der Waals surface area contributed by atoms with E-state index in [-0.39, 0.29) is 17.5 Å². The third-order valence-electron chi connectivity index (χ3n) is 4.46. The van der Waals surface area contributed by atoms with Gasteiger partial charge in [0.15, 0.2) is 0 Å². The van der Waals surface area contributed by atoms with Gasteiger partial charge in [0, 0.05) is 6.04 Å². The highest BCUT2D eigenvalue weighted by Crippen LogP contribution is 2.30. The number of fused-ring (bicyclic) bond motifs is 2. The minimum atomic E-state index is -0.325. The van der Waals surface area contributed by atoms with Gasteiger partial charge in [0.25, 0.3) is 5.91 Å². The van der Waals surface area contributed by atoms with Gasteiger partial charge in [-0.3, -0.25) is 4.79 Å². The second-order valence-electron chi connectivity index (χ2n) is 6.19. The fraction of sp³-hybridized carbons (Fsp3) is 0.182. The van der Waals surface area contributed by atoms with Crippen LogP contribution >= 0.6 is 0 Å². The first-order chi connectivity index (χ1) is 12.1. The van der Waals surface area contributed by atoms with Gasteiger partial charge in [-0.05, 0) is 52.6 Å². The highest BCUT2D eigenvalue weighted by atomic mass is 16.1. The van der Waals surface area contributed by atoms with Crippen LogP contribution in [0.5, 0.6) is 0 Å². The number of hydrogen-bond acceptors (Lipinski definition) is 2. The van der Waals surface area contributed by atoms with Crippen molar-refractivity contribution in [2.75, 3.05) is 0 Å². The van der Waals surface area contributed by atoms with Crippen LogP contribution in [0.15, 0.2) is 60.2 Å². The lowest BCUT2D eigenvalue weighted by atomic mass is 9.95. The van der Waals surface area contributed by atoms with Crippen molar-refractivity contribution >= 4 is 33.5 Å². The van der Waals surface area contributed by atoms with Crippen molar-refractivity contribution < 1.29 is 4.79 Å². The average Bonchev–Trinajstić information content (AvgIpc) is 2.64. The minimum Gasteiger partial charge on any atom is -0.349 e. The molecule has 3 nitrogen and oxygen atoms in total.